The van der Waals surface area contributed by atoms with Gasteiger partial charge in [-0.2, -0.15) is 13.2 Å². The van der Waals surface area contributed by atoms with E-state index in [2.05, 4.69) is 14.7 Å². The van der Waals surface area contributed by atoms with Crippen LogP contribution in [0.1, 0.15) is 11.3 Å². The van der Waals surface area contributed by atoms with Crippen LogP contribution in [0.5, 0.6) is 0 Å². The van der Waals surface area contributed by atoms with Crippen molar-refractivity contribution in [2.75, 3.05) is 7.05 Å². The zero-order valence-electron chi connectivity index (χ0n) is 8.75. The van der Waals surface area contributed by atoms with Crippen LogP contribution in [0.25, 0.3) is 0 Å². The number of amidine groups is 1. The van der Waals surface area contributed by atoms with Crippen LogP contribution in [0.15, 0.2) is 23.3 Å². The Morgan fingerprint density at radius 2 is 2.12 bits per heavy atom. The number of nitrogens with one attached hydrogen (secondary N) is 1. The zero-order valence-corrected chi connectivity index (χ0v) is 8.75. The van der Waals surface area contributed by atoms with Gasteiger partial charge in [0, 0.05) is 13.2 Å². The Balaban J connectivity index is 2.85. The molecule has 1 aromatic rings. The summed E-state index contributed by atoms with van der Waals surface area (Å²) in [4.78, 5) is 6.89. The van der Waals surface area contributed by atoms with E-state index in [4.69, 9.17) is 11.1 Å². The van der Waals surface area contributed by atoms with E-state index in [1.807, 2.05) is 0 Å². The van der Waals surface area contributed by atoms with Gasteiger partial charge in [-0.05, 0) is 12.1 Å². The molecule has 0 saturated heterocycles. The second kappa shape index (κ2) is 4.81. The molecule has 0 aromatic carbocycles. The van der Waals surface area contributed by atoms with Crippen LogP contribution in [0.4, 0.5) is 13.2 Å². The van der Waals surface area contributed by atoms with Gasteiger partial charge in [-0.3, -0.25) is 10.4 Å². The maximum absolute atomic E-state index is 12.2. The quantitative estimate of drug-likeness (QED) is 0.580. The molecule has 0 unspecified atom stereocenters. The Hall–Kier alpha value is -2.12. The highest BCUT2D eigenvalue weighted by atomic mass is 19.4. The van der Waals surface area contributed by atoms with Gasteiger partial charge in [0.1, 0.15) is 5.69 Å². The Morgan fingerprint density at radius 3 is 2.53 bits per heavy atom. The molecule has 1 rings (SSSR count). The SMILES string of the molecule is CN=C(N)OC(=N)c1ccc(C(F)(F)F)cn1. The van der Waals surface area contributed by atoms with Crippen molar-refractivity contribution >= 4 is 11.9 Å². The van der Waals surface area contributed by atoms with Crippen LogP contribution in [0.3, 0.4) is 0 Å². The van der Waals surface area contributed by atoms with Gasteiger partial charge in [-0.15, -0.1) is 0 Å². The minimum absolute atomic E-state index is 0.0652. The maximum atomic E-state index is 12.2. The predicted molar refractivity (Wildman–Crippen MR) is 54.7 cm³/mol. The van der Waals surface area contributed by atoms with Crippen molar-refractivity contribution in [3.8, 4) is 0 Å². The van der Waals surface area contributed by atoms with Gasteiger partial charge in [-0.1, -0.05) is 0 Å². The van der Waals surface area contributed by atoms with E-state index < -0.39 is 17.6 Å². The topological polar surface area (TPSA) is 84.4 Å². The molecule has 0 amide bonds. The van der Waals surface area contributed by atoms with Crippen LogP contribution >= 0.6 is 0 Å². The number of pyridine rings is 1. The number of aromatic nitrogens is 1. The monoisotopic (exact) mass is 246 g/mol. The first kappa shape index (κ1) is 12.9. The minimum Gasteiger partial charge on any atom is -0.405 e. The Kier molecular flexibility index (Phi) is 3.66. The molecule has 92 valence electrons. The fraction of sp³-hybridized carbons (Fsp3) is 0.222. The van der Waals surface area contributed by atoms with Gasteiger partial charge in [0.15, 0.2) is 0 Å². The number of ether oxygens (including phenoxy) is 1. The predicted octanol–water partition coefficient (Wildman–Crippen LogP) is 1.39. The first-order valence-corrected chi connectivity index (χ1v) is 4.37. The van der Waals surface area contributed by atoms with E-state index >= 15 is 0 Å². The van der Waals surface area contributed by atoms with E-state index in [0.29, 0.717) is 6.20 Å². The van der Waals surface area contributed by atoms with Gasteiger partial charge >= 0.3 is 6.18 Å². The summed E-state index contributed by atoms with van der Waals surface area (Å²) >= 11 is 0. The average molecular weight is 246 g/mol. The number of aliphatic imine (C=N–C) groups is 1. The highest BCUT2D eigenvalue weighted by Gasteiger charge is 2.30. The Labute approximate surface area is 94.6 Å². The summed E-state index contributed by atoms with van der Waals surface area (Å²) in [6.45, 7) is 0. The normalized spacial score (nSPS) is 12.4. The van der Waals surface area contributed by atoms with Crippen molar-refractivity contribution in [3.63, 3.8) is 0 Å². The lowest BCUT2D eigenvalue weighted by atomic mass is 10.2. The van der Waals surface area contributed by atoms with Crippen molar-refractivity contribution in [2.45, 2.75) is 6.18 Å². The lowest BCUT2D eigenvalue weighted by Gasteiger charge is -2.07. The van der Waals surface area contributed by atoms with Crippen molar-refractivity contribution in [1.29, 1.82) is 5.41 Å². The first-order chi connectivity index (χ1) is 7.84. The average Bonchev–Trinajstić information content (AvgIpc) is 2.27. The van der Waals surface area contributed by atoms with E-state index in [9.17, 15) is 13.2 Å². The summed E-state index contributed by atoms with van der Waals surface area (Å²) in [5.41, 5.74) is 4.23. The lowest BCUT2D eigenvalue weighted by Crippen LogP contribution is -2.21. The molecule has 0 aliphatic rings. The molecule has 1 aromatic heterocycles. The number of hydrogen-bond donors (Lipinski definition) is 2. The molecule has 0 fully saturated rings. The minimum atomic E-state index is -4.46. The lowest BCUT2D eigenvalue weighted by molar-refractivity contribution is -0.137. The molecule has 0 aliphatic carbocycles. The zero-order chi connectivity index (χ0) is 13.1. The molecule has 3 N–H and O–H groups in total. The van der Waals surface area contributed by atoms with Crippen LogP contribution in [0.2, 0.25) is 0 Å². The smallest absolute Gasteiger partial charge is 0.405 e. The molecule has 5 nitrogen and oxygen atoms in total. The van der Waals surface area contributed by atoms with Crippen LogP contribution < -0.4 is 5.73 Å². The molecule has 0 bridgehead atoms. The van der Waals surface area contributed by atoms with Crippen molar-refractivity contribution in [1.82, 2.24) is 4.98 Å². The van der Waals surface area contributed by atoms with Gasteiger partial charge < -0.3 is 10.5 Å². The first-order valence-electron chi connectivity index (χ1n) is 4.37. The van der Waals surface area contributed by atoms with Gasteiger partial charge in [0.2, 0.25) is 5.90 Å². The summed E-state index contributed by atoms with van der Waals surface area (Å²) < 4.78 is 41.3. The summed E-state index contributed by atoms with van der Waals surface area (Å²) in [7, 11) is 1.35. The number of hydrogen-bond acceptors (Lipinski definition) is 4. The van der Waals surface area contributed by atoms with Crippen LogP contribution in [-0.4, -0.2) is 24.0 Å². The van der Waals surface area contributed by atoms with Crippen molar-refractivity contribution in [2.24, 2.45) is 10.7 Å². The van der Waals surface area contributed by atoms with Gasteiger partial charge in [0.25, 0.3) is 6.02 Å². The number of rotatable bonds is 1. The third kappa shape index (κ3) is 3.44. The van der Waals surface area contributed by atoms with E-state index in [1.165, 1.54) is 7.05 Å². The second-order valence-corrected chi connectivity index (χ2v) is 2.92. The molecule has 0 aliphatic heterocycles. The largest absolute Gasteiger partial charge is 0.417 e. The van der Waals surface area contributed by atoms with E-state index in [0.717, 1.165) is 12.1 Å². The molecule has 0 atom stereocenters. The fourth-order valence-electron chi connectivity index (χ4n) is 0.898. The van der Waals surface area contributed by atoms with E-state index in [1.54, 1.807) is 0 Å². The number of halogens is 3. The second-order valence-electron chi connectivity index (χ2n) is 2.92. The molecule has 8 heteroatoms. The highest BCUT2D eigenvalue weighted by molar-refractivity contribution is 5.97. The Bertz CT molecular complexity index is 439. The number of nitrogens with two attached hydrogens (primary N) is 1. The number of nitrogens with zero attached hydrogens (tertiary/aromatic N) is 2. The Morgan fingerprint density at radius 1 is 1.47 bits per heavy atom. The molecular formula is C9H9F3N4O. The molecule has 0 spiro atoms. The van der Waals surface area contributed by atoms with Gasteiger partial charge in [0.05, 0.1) is 5.56 Å². The summed E-state index contributed by atoms with van der Waals surface area (Å²) in [6, 6.07) is 1.56. The highest BCUT2D eigenvalue weighted by Crippen LogP contribution is 2.28. The maximum Gasteiger partial charge on any atom is 0.417 e. The third-order valence-electron chi connectivity index (χ3n) is 1.75. The molecule has 17 heavy (non-hydrogen) atoms. The molecule has 1 heterocycles. The number of alkyl halides is 3. The van der Waals surface area contributed by atoms with Crippen LogP contribution in [0, 0.1) is 5.41 Å². The molecule has 0 saturated carbocycles. The fourth-order valence-corrected chi connectivity index (χ4v) is 0.898. The third-order valence-corrected chi connectivity index (χ3v) is 1.75. The van der Waals surface area contributed by atoms with Gasteiger partial charge in [-0.25, -0.2) is 4.99 Å². The standard InChI is InChI=1S/C9H9F3N4O/c1-15-8(14)17-7(13)6-3-2-5(4-16-6)9(10,11)12/h2-4,13H,1H3,(H2,14,15). The molecular weight excluding hydrogens is 237 g/mol. The van der Waals surface area contributed by atoms with Crippen LogP contribution in [-0.2, 0) is 10.9 Å². The van der Waals surface area contributed by atoms with Crippen molar-refractivity contribution in [3.05, 3.63) is 29.6 Å². The molecule has 0 radical (unpaired) electrons. The summed E-state index contributed by atoms with van der Waals surface area (Å²) in [6.07, 6.45) is -3.84. The summed E-state index contributed by atoms with van der Waals surface area (Å²) in [5.74, 6) is -0.471. The summed E-state index contributed by atoms with van der Waals surface area (Å²) in [5, 5.41) is 7.36. The van der Waals surface area contributed by atoms with Crippen molar-refractivity contribution < 1.29 is 17.9 Å². The van der Waals surface area contributed by atoms with E-state index in [-0.39, 0.29) is 11.7 Å².